The SMILES string of the molecule is CC(C)CCN1CCc2c(ncnc2NCC23CC4CC(CC(C4)C2)C3)C1. The highest BCUT2D eigenvalue weighted by molar-refractivity contribution is 5.47. The molecule has 0 spiro atoms. The van der Waals surface area contributed by atoms with E-state index in [0.29, 0.717) is 5.41 Å². The van der Waals surface area contributed by atoms with Crippen molar-refractivity contribution in [3.63, 3.8) is 0 Å². The maximum Gasteiger partial charge on any atom is 0.132 e. The van der Waals surface area contributed by atoms with Crippen LogP contribution in [0.3, 0.4) is 0 Å². The van der Waals surface area contributed by atoms with Crippen molar-refractivity contribution in [3.05, 3.63) is 17.6 Å². The molecule has 0 unspecified atom stereocenters. The minimum Gasteiger partial charge on any atom is -0.369 e. The van der Waals surface area contributed by atoms with Crippen LogP contribution in [-0.4, -0.2) is 34.5 Å². The molecule has 6 rings (SSSR count). The van der Waals surface area contributed by atoms with Crippen molar-refractivity contribution in [1.29, 1.82) is 0 Å². The zero-order valence-corrected chi connectivity index (χ0v) is 17.2. The van der Waals surface area contributed by atoms with E-state index in [9.17, 15) is 0 Å². The van der Waals surface area contributed by atoms with Gasteiger partial charge in [-0.3, -0.25) is 4.90 Å². The average molecular weight is 369 g/mol. The lowest BCUT2D eigenvalue weighted by Gasteiger charge is -2.57. The van der Waals surface area contributed by atoms with E-state index in [1.165, 1.54) is 62.7 Å². The molecule has 2 heterocycles. The Kier molecular flexibility index (Phi) is 4.66. The molecule has 4 nitrogen and oxygen atoms in total. The van der Waals surface area contributed by atoms with Crippen LogP contribution in [0.2, 0.25) is 0 Å². The summed E-state index contributed by atoms with van der Waals surface area (Å²) in [5, 5.41) is 3.83. The topological polar surface area (TPSA) is 41.1 Å². The number of anilines is 1. The summed E-state index contributed by atoms with van der Waals surface area (Å²) >= 11 is 0. The van der Waals surface area contributed by atoms with E-state index in [-0.39, 0.29) is 0 Å². The van der Waals surface area contributed by atoms with E-state index < -0.39 is 0 Å². The number of hydrogen-bond acceptors (Lipinski definition) is 4. The molecule has 4 bridgehead atoms. The number of hydrogen-bond donors (Lipinski definition) is 1. The van der Waals surface area contributed by atoms with Crippen molar-refractivity contribution in [2.75, 3.05) is 25.0 Å². The standard InChI is InChI=1S/C23H36N4/c1-16(2)3-5-27-6-4-20-21(13-27)25-15-26-22(20)24-14-23-10-17-7-18(11-23)9-19(8-17)12-23/h15-19H,3-14H2,1-2H3,(H,24,25,26). The van der Waals surface area contributed by atoms with E-state index in [4.69, 9.17) is 0 Å². The Morgan fingerprint density at radius 1 is 1.11 bits per heavy atom. The second kappa shape index (κ2) is 7.02. The van der Waals surface area contributed by atoms with Crippen molar-refractivity contribution in [3.8, 4) is 0 Å². The molecule has 5 aliphatic rings. The highest BCUT2D eigenvalue weighted by atomic mass is 15.1. The van der Waals surface area contributed by atoms with Crippen LogP contribution in [-0.2, 0) is 13.0 Å². The van der Waals surface area contributed by atoms with Gasteiger partial charge in [0.25, 0.3) is 0 Å². The second-order valence-electron chi connectivity index (χ2n) is 10.6. The third-order valence-electron chi connectivity index (χ3n) is 7.90. The normalized spacial score (nSPS) is 34.9. The molecule has 1 aliphatic heterocycles. The average Bonchev–Trinajstić information content (AvgIpc) is 2.63. The highest BCUT2D eigenvalue weighted by Gasteiger charge is 2.50. The van der Waals surface area contributed by atoms with Gasteiger partial charge in [0, 0.05) is 25.2 Å². The van der Waals surface area contributed by atoms with Crippen LogP contribution in [0.25, 0.3) is 0 Å². The number of aromatic nitrogens is 2. The number of nitrogens with one attached hydrogen (secondary N) is 1. The number of fused-ring (bicyclic) bond motifs is 1. The molecule has 4 saturated carbocycles. The molecule has 4 aliphatic carbocycles. The highest BCUT2D eigenvalue weighted by Crippen LogP contribution is 2.59. The van der Waals surface area contributed by atoms with Crippen LogP contribution in [0, 0.1) is 29.1 Å². The van der Waals surface area contributed by atoms with Gasteiger partial charge in [-0.1, -0.05) is 13.8 Å². The van der Waals surface area contributed by atoms with Gasteiger partial charge >= 0.3 is 0 Å². The van der Waals surface area contributed by atoms with Crippen molar-refractivity contribution >= 4 is 5.82 Å². The molecule has 0 aromatic carbocycles. The quantitative estimate of drug-likeness (QED) is 0.802. The largest absolute Gasteiger partial charge is 0.369 e. The molecule has 0 amide bonds. The molecule has 0 saturated heterocycles. The van der Waals surface area contributed by atoms with Gasteiger partial charge in [0.2, 0.25) is 0 Å². The Bertz CT molecular complexity index is 648. The molecule has 148 valence electrons. The van der Waals surface area contributed by atoms with Gasteiger partial charge in [0.15, 0.2) is 0 Å². The molecule has 0 atom stereocenters. The van der Waals surface area contributed by atoms with Crippen molar-refractivity contribution in [2.45, 2.75) is 71.8 Å². The fraction of sp³-hybridized carbons (Fsp3) is 0.826. The predicted octanol–water partition coefficient (Wildman–Crippen LogP) is 4.51. The van der Waals surface area contributed by atoms with Crippen LogP contribution in [0.1, 0.15) is 70.1 Å². The molecule has 4 fully saturated rings. The zero-order valence-electron chi connectivity index (χ0n) is 17.2. The van der Waals surface area contributed by atoms with Gasteiger partial charge in [-0.2, -0.15) is 0 Å². The van der Waals surface area contributed by atoms with Crippen molar-refractivity contribution in [2.24, 2.45) is 29.1 Å². The van der Waals surface area contributed by atoms with Gasteiger partial charge < -0.3 is 5.32 Å². The summed E-state index contributed by atoms with van der Waals surface area (Å²) in [6.07, 6.45) is 13.1. The molecule has 4 heteroatoms. The lowest BCUT2D eigenvalue weighted by atomic mass is 9.49. The zero-order chi connectivity index (χ0) is 18.4. The monoisotopic (exact) mass is 368 g/mol. The summed E-state index contributed by atoms with van der Waals surface area (Å²) in [6, 6.07) is 0. The summed E-state index contributed by atoms with van der Waals surface area (Å²) in [4.78, 5) is 11.9. The van der Waals surface area contributed by atoms with Crippen molar-refractivity contribution < 1.29 is 0 Å². The van der Waals surface area contributed by atoms with Crippen LogP contribution < -0.4 is 5.32 Å². The first-order chi connectivity index (χ1) is 13.1. The summed E-state index contributed by atoms with van der Waals surface area (Å²) in [7, 11) is 0. The predicted molar refractivity (Wildman–Crippen MR) is 110 cm³/mol. The van der Waals surface area contributed by atoms with Gasteiger partial charge in [-0.05, 0) is 87.0 Å². The Balaban J connectivity index is 1.25. The number of rotatable bonds is 6. The maximum absolute atomic E-state index is 4.67. The molecule has 1 aromatic rings. The second-order valence-corrected chi connectivity index (χ2v) is 10.6. The van der Waals surface area contributed by atoms with E-state index in [1.54, 1.807) is 6.33 Å². The van der Waals surface area contributed by atoms with E-state index in [1.807, 2.05) is 0 Å². The van der Waals surface area contributed by atoms with Crippen LogP contribution in [0.4, 0.5) is 5.82 Å². The minimum atomic E-state index is 0.560. The minimum absolute atomic E-state index is 0.560. The number of nitrogens with zero attached hydrogens (tertiary/aromatic N) is 3. The molecule has 1 N–H and O–H groups in total. The lowest BCUT2D eigenvalue weighted by molar-refractivity contribution is -0.0444. The third kappa shape index (κ3) is 3.62. The summed E-state index contributed by atoms with van der Waals surface area (Å²) < 4.78 is 0. The first kappa shape index (κ1) is 17.9. The van der Waals surface area contributed by atoms with E-state index in [2.05, 4.69) is 34.0 Å². The van der Waals surface area contributed by atoms with E-state index >= 15 is 0 Å². The Morgan fingerprint density at radius 2 is 1.81 bits per heavy atom. The maximum atomic E-state index is 4.67. The molecule has 0 radical (unpaired) electrons. The lowest BCUT2D eigenvalue weighted by Crippen LogP contribution is -2.49. The van der Waals surface area contributed by atoms with Crippen LogP contribution in [0.5, 0.6) is 0 Å². The summed E-state index contributed by atoms with van der Waals surface area (Å²) in [5.41, 5.74) is 3.21. The first-order valence-corrected chi connectivity index (χ1v) is 11.4. The summed E-state index contributed by atoms with van der Waals surface area (Å²) in [6.45, 7) is 9.10. The van der Waals surface area contributed by atoms with Gasteiger partial charge in [-0.25, -0.2) is 9.97 Å². The van der Waals surface area contributed by atoms with Gasteiger partial charge in [0.1, 0.15) is 12.1 Å². The van der Waals surface area contributed by atoms with Crippen LogP contribution >= 0.6 is 0 Å². The Hall–Kier alpha value is -1.16. The van der Waals surface area contributed by atoms with Crippen molar-refractivity contribution in [1.82, 2.24) is 14.9 Å². The molecule has 1 aromatic heterocycles. The van der Waals surface area contributed by atoms with Gasteiger partial charge in [-0.15, -0.1) is 0 Å². The molecule has 27 heavy (non-hydrogen) atoms. The Labute approximate surface area is 164 Å². The van der Waals surface area contributed by atoms with Crippen LogP contribution in [0.15, 0.2) is 6.33 Å². The molecular formula is C23H36N4. The smallest absolute Gasteiger partial charge is 0.132 e. The van der Waals surface area contributed by atoms with Gasteiger partial charge in [0.05, 0.1) is 5.69 Å². The Morgan fingerprint density at radius 3 is 2.48 bits per heavy atom. The third-order valence-corrected chi connectivity index (χ3v) is 7.90. The molecular weight excluding hydrogens is 332 g/mol. The fourth-order valence-corrected chi connectivity index (χ4v) is 6.97. The summed E-state index contributed by atoms with van der Waals surface area (Å²) in [5.74, 6) is 4.97. The fourth-order valence-electron chi connectivity index (χ4n) is 6.97. The van der Waals surface area contributed by atoms with E-state index in [0.717, 1.165) is 55.5 Å². The first-order valence-electron chi connectivity index (χ1n) is 11.4.